The fourth-order valence-electron chi connectivity index (χ4n) is 4.92. The van der Waals surface area contributed by atoms with Crippen molar-refractivity contribution in [3.63, 3.8) is 0 Å². The summed E-state index contributed by atoms with van der Waals surface area (Å²) in [7, 11) is 5.59. The maximum Gasteiger partial charge on any atom is 0.416 e. The van der Waals surface area contributed by atoms with Gasteiger partial charge in [0.15, 0.2) is 6.04 Å². The van der Waals surface area contributed by atoms with E-state index >= 15 is 0 Å². The summed E-state index contributed by atoms with van der Waals surface area (Å²) in [5, 5.41) is 21.3. The maximum atomic E-state index is 13.6. The molecule has 0 atom stereocenters. The van der Waals surface area contributed by atoms with Crippen molar-refractivity contribution in [2.24, 2.45) is 10.9 Å². The number of nitrogens with zero attached hydrogens (tertiary/aromatic N) is 4. The summed E-state index contributed by atoms with van der Waals surface area (Å²) in [5.74, 6) is 0.549. The van der Waals surface area contributed by atoms with Crippen LogP contribution in [0.2, 0.25) is 0 Å². The van der Waals surface area contributed by atoms with Crippen molar-refractivity contribution in [3.05, 3.63) is 59.8 Å². The van der Waals surface area contributed by atoms with E-state index in [9.17, 15) is 23.1 Å². The van der Waals surface area contributed by atoms with Gasteiger partial charge in [0.2, 0.25) is 5.27 Å². The van der Waals surface area contributed by atoms with Gasteiger partial charge >= 0.3 is 18.1 Å². The number of methoxy groups -OCH3 is 1. The number of aromatic nitrogens is 2. The highest BCUT2D eigenvalue weighted by molar-refractivity contribution is 5.99. The smallest absolute Gasteiger partial charge is 0.416 e. The fraction of sp³-hybridized carbons (Fsp3) is 0.429. The maximum absolute atomic E-state index is 13.6. The molecule has 13 heteroatoms. The zero-order valence-corrected chi connectivity index (χ0v) is 23.1. The third-order valence-corrected chi connectivity index (χ3v) is 6.78. The minimum atomic E-state index is -4.73. The quantitative estimate of drug-likeness (QED) is 0.220. The number of aliphatic imine (C=N–C) groups is 1. The molecule has 0 saturated heterocycles. The zero-order valence-electron chi connectivity index (χ0n) is 23.1. The lowest BCUT2D eigenvalue weighted by Gasteiger charge is -2.26. The first-order valence-corrected chi connectivity index (χ1v) is 13.2. The van der Waals surface area contributed by atoms with Crippen molar-refractivity contribution in [2.45, 2.75) is 44.3 Å². The van der Waals surface area contributed by atoms with E-state index in [1.165, 1.54) is 13.2 Å². The second kappa shape index (κ2) is 13.0. The predicted molar refractivity (Wildman–Crippen MR) is 144 cm³/mol. The van der Waals surface area contributed by atoms with Crippen molar-refractivity contribution in [1.29, 1.82) is 0 Å². The Labute approximate surface area is 235 Å². The highest BCUT2D eigenvalue weighted by atomic mass is 19.4. The number of benzene rings is 2. The molecule has 2 N–H and O–H groups in total. The van der Waals surface area contributed by atoms with Gasteiger partial charge in [0.25, 0.3) is 6.20 Å². The van der Waals surface area contributed by atoms with E-state index in [4.69, 9.17) is 9.26 Å². The van der Waals surface area contributed by atoms with E-state index in [0.29, 0.717) is 17.2 Å². The molecule has 2 amide bonds. The molecule has 1 aliphatic carbocycles. The van der Waals surface area contributed by atoms with Crippen LogP contribution in [-0.2, 0) is 12.6 Å². The Hall–Kier alpha value is -4.13. The second-order valence-electron chi connectivity index (χ2n) is 10.4. The van der Waals surface area contributed by atoms with Gasteiger partial charge in [0.05, 0.1) is 18.4 Å². The molecule has 1 aliphatic rings. The second-order valence-corrected chi connectivity index (χ2v) is 10.4. The summed E-state index contributed by atoms with van der Waals surface area (Å²) >= 11 is 0. The van der Waals surface area contributed by atoms with E-state index in [-0.39, 0.29) is 29.7 Å². The minimum absolute atomic E-state index is 0.0447. The lowest BCUT2D eigenvalue weighted by Crippen LogP contribution is -2.43. The number of anilines is 2. The van der Waals surface area contributed by atoms with Crippen molar-refractivity contribution in [1.82, 2.24) is 10.2 Å². The highest BCUT2D eigenvalue weighted by Gasteiger charge is 2.32. The summed E-state index contributed by atoms with van der Waals surface area (Å²) in [6.07, 6.45) is 0.646. The van der Waals surface area contributed by atoms with Gasteiger partial charge in [0, 0.05) is 31.5 Å². The van der Waals surface area contributed by atoms with Crippen LogP contribution in [0.5, 0.6) is 5.75 Å². The first kappa shape index (κ1) is 29.8. The molecular formula is C28H33F3N6O4. The molecule has 0 bridgehead atoms. The van der Waals surface area contributed by atoms with Crippen LogP contribution in [0, 0.1) is 5.92 Å². The molecule has 1 aromatic heterocycles. The molecule has 1 heterocycles. The molecule has 0 aliphatic heterocycles. The number of ether oxygens (including phenoxy) is 1. The lowest BCUT2D eigenvalue weighted by atomic mass is 9.86. The van der Waals surface area contributed by atoms with E-state index in [1.807, 2.05) is 0 Å². The molecule has 10 nitrogen and oxygen atoms in total. The van der Waals surface area contributed by atoms with Gasteiger partial charge in [-0.1, -0.05) is 12.1 Å². The molecular weight excluding hydrogens is 541 g/mol. The first-order chi connectivity index (χ1) is 19.5. The molecule has 4 rings (SSSR count). The Morgan fingerprint density at radius 2 is 1.93 bits per heavy atom. The van der Waals surface area contributed by atoms with Gasteiger partial charge in [-0.15, -0.1) is 0 Å². The van der Waals surface area contributed by atoms with Gasteiger partial charge in [0.1, 0.15) is 5.75 Å². The average molecular weight is 575 g/mol. The van der Waals surface area contributed by atoms with Crippen LogP contribution in [-0.4, -0.2) is 49.9 Å². The fourth-order valence-corrected chi connectivity index (χ4v) is 4.92. The lowest BCUT2D eigenvalue weighted by molar-refractivity contribution is -0.787. The highest BCUT2D eigenvalue weighted by Crippen LogP contribution is 2.34. The summed E-state index contributed by atoms with van der Waals surface area (Å²) in [6.45, 7) is 1.03. The monoisotopic (exact) mass is 574 g/mol. The Balaban J connectivity index is 1.42. The Bertz CT molecular complexity index is 1370. The molecule has 1 fully saturated rings. The topological polar surface area (TPSA) is 119 Å². The van der Waals surface area contributed by atoms with Crippen LogP contribution >= 0.6 is 0 Å². The van der Waals surface area contributed by atoms with Crippen molar-refractivity contribution < 1.29 is 37.0 Å². The van der Waals surface area contributed by atoms with Crippen LogP contribution in [0.4, 0.5) is 35.2 Å². The molecule has 0 unspecified atom stereocenters. The van der Waals surface area contributed by atoms with Gasteiger partial charge in [-0.25, -0.2) is 4.79 Å². The van der Waals surface area contributed by atoms with Crippen molar-refractivity contribution in [2.75, 3.05) is 38.4 Å². The van der Waals surface area contributed by atoms with E-state index in [0.717, 1.165) is 44.4 Å². The van der Waals surface area contributed by atoms with Crippen molar-refractivity contribution >= 4 is 29.2 Å². The van der Waals surface area contributed by atoms with Crippen LogP contribution < -0.4 is 25.2 Å². The summed E-state index contributed by atoms with van der Waals surface area (Å²) in [6, 6.07) is 8.72. The third kappa shape index (κ3) is 8.68. The molecule has 0 radical (unpaired) electrons. The number of halogens is 3. The molecule has 0 spiro atoms. The van der Waals surface area contributed by atoms with Crippen LogP contribution in [0.1, 0.15) is 42.9 Å². The van der Waals surface area contributed by atoms with Crippen molar-refractivity contribution in [3.8, 4) is 5.75 Å². The number of alkyl halides is 3. The van der Waals surface area contributed by atoms with Gasteiger partial charge in [-0.2, -0.15) is 13.2 Å². The summed E-state index contributed by atoms with van der Waals surface area (Å²) in [5.41, 5.74) is -0.915. The first-order valence-electron chi connectivity index (χ1n) is 13.2. The van der Waals surface area contributed by atoms with E-state index in [1.54, 1.807) is 35.1 Å². The summed E-state index contributed by atoms with van der Waals surface area (Å²) in [4.78, 5) is 18.6. The largest absolute Gasteiger partial charge is 0.861 e. The Kier molecular flexibility index (Phi) is 9.48. The third-order valence-electron chi connectivity index (χ3n) is 6.78. The number of carbonyl (C=O) groups excluding carboxylic acids is 1. The van der Waals surface area contributed by atoms with Crippen LogP contribution in [0.15, 0.2) is 58.2 Å². The number of hydrogen-bond acceptors (Lipinski definition) is 7. The van der Waals surface area contributed by atoms with E-state index in [2.05, 4.69) is 39.9 Å². The molecule has 41 heavy (non-hydrogen) atoms. The molecule has 2 aromatic carbocycles. The SMILES string of the molecule is COc1cccc(CC([O-])=Nc2cc(NC(=O)Nc3c[n+](C4CCC(CN(C)C)CC4)no3)cc(C(F)(F)F)c2)c1. The predicted octanol–water partition coefficient (Wildman–Crippen LogP) is 4.56. The molecule has 220 valence electrons. The van der Waals surface area contributed by atoms with Crippen LogP contribution in [0.25, 0.3) is 0 Å². The van der Waals surface area contributed by atoms with Gasteiger partial charge in [-0.05, 0) is 79.3 Å². The molecule has 1 saturated carbocycles. The standard InChI is InChI=1S/C28H33F3N6O4/c1-36(2)16-18-7-9-23(10-8-18)37-17-26(41-35-37)34-27(39)33-22-14-20(28(29,30)31)13-21(15-22)32-25(38)12-19-5-4-6-24(11-19)40-3/h4-6,11,13-15,17-18,23H,7-10,12,16H2,1-3H3,(H2-,32,33,34,35,38,39). The van der Waals surface area contributed by atoms with E-state index < -0.39 is 23.7 Å². The zero-order chi connectivity index (χ0) is 29.6. The number of rotatable bonds is 9. The van der Waals surface area contributed by atoms with Gasteiger partial charge in [-0.3, -0.25) is 14.8 Å². The molecule has 3 aromatic rings. The Morgan fingerprint density at radius 3 is 2.61 bits per heavy atom. The summed E-state index contributed by atoms with van der Waals surface area (Å²) < 4.78 is 52.7. The van der Waals surface area contributed by atoms with Crippen LogP contribution in [0.3, 0.4) is 0 Å². The average Bonchev–Trinajstić information content (AvgIpc) is 3.36. The number of hydrogen-bond donors (Lipinski definition) is 2. The van der Waals surface area contributed by atoms with Gasteiger partial charge < -0.3 is 20.1 Å². The number of nitrogens with one attached hydrogen (secondary N) is 2. The number of carbonyl (C=O) groups is 1. The number of amides is 2. The minimum Gasteiger partial charge on any atom is -0.861 e. The number of urea groups is 1. The Morgan fingerprint density at radius 1 is 1.17 bits per heavy atom. The normalized spacial score (nSPS) is 17.9.